The molecular formula is C14H26BN2O2. The summed E-state index contributed by atoms with van der Waals surface area (Å²) in [6.07, 6.45) is 9.34. The third-order valence-corrected chi connectivity index (χ3v) is 4.98. The zero-order chi connectivity index (χ0) is 13.7. The smallest absolute Gasteiger partial charge is 0.117 e. The van der Waals surface area contributed by atoms with Gasteiger partial charge in [0.2, 0.25) is 0 Å². The maximum Gasteiger partial charge on any atom is 0.117 e. The molecule has 4 nitrogen and oxygen atoms in total. The first kappa shape index (κ1) is 15.0. The molecule has 0 amide bonds. The number of nitrogens with zero attached hydrogens (tertiary/aromatic N) is 2. The molecule has 0 aromatic rings. The molecule has 1 radical (unpaired) electrons. The summed E-state index contributed by atoms with van der Waals surface area (Å²) < 4.78 is 0. The van der Waals surface area contributed by atoms with E-state index in [1.807, 2.05) is 12.1 Å². The van der Waals surface area contributed by atoms with Crippen molar-refractivity contribution in [3.8, 4) is 0 Å². The topological polar surface area (TPSA) is 41.9 Å². The van der Waals surface area contributed by atoms with Crippen LogP contribution in [0.4, 0.5) is 0 Å². The standard InChI is InChI=1S/C14H26BN2O2/c1-17(19-2)14-9-5-12(6-10-14)15-11-3-7-13(16-18)8-4-11/h11-14H,3-10H2,1-2H3. The molecule has 19 heavy (non-hydrogen) atoms. The van der Waals surface area contributed by atoms with Crippen LogP contribution in [0.1, 0.15) is 51.4 Å². The average molecular weight is 265 g/mol. The van der Waals surface area contributed by atoms with Crippen LogP contribution in [0.3, 0.4) is 0 Å². The summed E-state index contributed by atoms with van der Waals surface area (Å²) in [5.41, 5.74) is 0. The van der Waals surface area contributed by atoms with Gasteiger partial charge in [-0.15, -0.1) is 0 Å². The van der Waals surface area contributed by atoms with E-state index in [4.69, 9.17) is 4.84 Å². The van der Waals surface area contributed by atoms with Crippen molar-refractivity contribution in [2.45, 2.75) is 75.1 Å². The first-order valence-electron chi connectivity index (χ1n) is 7.67. The summed E-state index contributed by atoms with van der Waals surface area (Å²) in [7, 11) is 6.35. The zero-order valence-corrected chi connectivity index (χ0v) is 12.3. The molecule has 0 saturated heterocycles. The molecule has 2 saturated carbocycles. The maximum atomic E-state index is 10.5. The highest BCUT2D eigenvalue weighted by atomic mass is 16.7. The minimum atomic E-state index is 0.0933. The lowest BCUT2D eigenvalue weighted by Gasteiger charge is -2.35. The number of rotatable bonds is 5. The lowest BCUT2D eigenvalue weighted by molar-refractivity contribution is -0.147. The SMILES string of the molecule is CON(C)C1CCC([B]C2CCC(N=O)CC2)CC1. The van der Waals surface area contributed by atoms with E-state index >= 15 is 0 Å². The molecule has 0 N–H and O–H groups in total. The summed E-state index contributed by atoms with van der Waals surface area (Å²) in [5.74, 6) is 1.49. The molecular weight excluding hydrogens is 239 g/mol. The van der Waals surface area contributed by atoms with Gasteiger partial charge in [0.15, 0.2) is 0 Å². The largest absolute Gasteiger partial charge is 0.302 e. The van der Waals surface area contributed by atoms with E-state index in [2.05, 4.69) is 12.5 Å². The Morgan fingerprint density at radius 1 is 1.00 bits per heavy atom. The van der Waals surface area contributed by atoms with Crippen molar-refractivity contribution in [2.24, 2.45) is 5.18 Å². The summed E-state index contributed by atoms with van der Waals surface area (Å²) in [5, 5.41) is 5.18. The lowest BCUT2D eigenvalue weighted by Crippen LogP contribution is -2.34. The fraction of sp³-hybridized carbons (Fsp3) is 1.00. The minimum absolute atomic E-state index is 0.0933. The van der Waals surface area contributed by atoms with Gasteiger partial charge in [-0.2, -0.15) is 9.97 Å². The van der Waals surface area contributed by atoms with Gasteiger partial charge >= 0.3 is 0 Å². The quantitative estimate of drug-likeness (QED) is 0.434. The first-order chi connectivity index (χ1) is 9.22. The van der Waals surface area contributed by atoms with Crippen LogP contribution in [0.5, 0.6) is 0 Å². The molecule has 0 heterocycles. The van der Waals surface area contributed by atoms with Gasteiger partial charge in [-0.3, -0.25) is 0 Å². The molecule has 0 atom stereocenters. The lowest BCUT2D eigenvalue weighted by atomic mass is 9.48. The Bertz CT molecular complexity index is 275. The minimum Gasteiger partial charge on any atom is -0.302 e. The van der Waals surface area contributed by atoms with Crippen molar-refractivity contribution < 1.29 is 4.84 Å². The molecule has 0 unspecified atom stereocenters. The molecule has 107 valence electrons. The Labute approximate surface area is 117 Å². The van der Waals surface area contributed by atoms with E-state index in [0.29, 0.717) is 6.04 Å². The molecule has 0 aliphatic heterocycles. The van der Waals surface area contributed by atoms with Crippen LogP contribution in [0.15, 0.2) is 5.18 Å². The van der Waals surface area contributed by atoms with Gasteiger partial charge in [0.25, 0.3) is 0 Å². The highest BCUT2D eigenvalue weighted by molar-refractivity contribution is 6.39. The van der Waals surface area contributed by atoms with E-state index in [1.165, 1.54) is 25.7 Å². The molecule has 0 aromatic heterocycles. The van der Waals surface area contributed by atoms with Crippen molar-refractivity contribution in [3.63, 3.8) is 0 Å². The molecule has 0 spiro atoms. The number of hydroxylamine groups is 2. The van der Waals surface area contributed by atoms with E-state index in [-0.39, 0.29) is 6.04 Å². The van der Waals surface area contributed by atoms with Crippen molar-refractivity contribution in [1.29, 1.82) is 0 Å². The van der Waals surface area contributed by atoms with E-state index < -0.39 is 0 Å². The van der Waals surface area contributed by atoms with Gasteiger partial charge in [-0.25, -0.2) is 0 Å². The Hall–Kier alpha value is -0.415. The Balaban J connectivity index is 1.67. The van der Waals surface area contributed by atoms with E-state index in [9.17, 15) is 4.91 Å². The Morgan fingerprint density at radius 2 is 1.53 bits per heavy atom. The number of hydrogen-bond donors (Lipinski definition) is 0. The fourth-order valence-corrected chi connectivity index (χ4v) is 3.59. The van der Waals surface area contributed by atoms with Gasteiger partial charge in [0.05, 0.1) is 13.2 Å². The second kappa shape index (κ2) is 7.39. The monoisotopic (exact) mass is 265 g/mol. The van der Waals surface area contributed by atoms with Gasteiger partial charge in [-0.1, -0.05) is 42.5 Å². The third-order valence-electron chi connectivity index (χ3n) is 4.98. The first-order valence-corrected chi connectivity index (χ1v) is 7.67. The van der Waals surface area contributed by atoms with Crippen LogP contribution < -0.4 is 0 Å². The van der Waals surface area contributed by atoms with Gasteiger partial charge in [0, 0.05) is 13.1 Å². The number of nitroso groups, excluding NO2 is 1. The maximum absolute atomic E-state index is 10.5. The second-order valence-electron chi connectivity index (χ2n) is 6.16. The van der Waals surface area contributed by atoms with Crippen LogP contribution in [0.25, 0.3) is 0 Å². The normalized spacial score (nSPS) is 36.2. The van der Waals surface area contributed by atoms with Crippen molar-refractivity contribution in [1.82, 2.24) is 5.06 Å². The van der Waals surface area contributed by atoms with Gasteiger partial charge in [-0.05, 0) is 25.7 Å². The number of hydrogen-bond acceptors (Lipinski definition) is 4. The molecule has 0 aromatic carbocycles. The van der Waals surface area contributed by atoms with Crippen LogP contribution in [0.2, 0.25) is 11.6 Å². The van der Waals surface area contributed by atoms with Gasteiger partial charge in [0.1, 0.15) is 7.28 Å². The van der Waals surface area contributed by atoms with Crippen LogP contribution in [-0.4, -0.2) is 38.6 Å². The van der Waals surface area contributed by atoms with Gasteiger partial charge < -0.3 is 4.84 Å². The molecule has 2 aliphatic rings. The molecule has 2 aliphatic carbocycles. The highest BCUT2D eigenvalue weighted by Crippen LogP contribution is 2.37. The van der Waals surface area contributed by atoms with E-state index in [0.717, 1.165) is 37.3 Å². The van der Waals surface area contributed by atoms with Crippen molar-refractivity contribution >= 4 is 7.28 Å². The van der Waals surface area contributed by atoms with Crippen molar-refractivity contribution in [3.05, 3.63) is 4.91 Å². The zero-order valence-electron chi connectivity index (χ0n) is 12.3. The third kappa shape index (κ3) is 4.28. The summed E-state index contributed by atoms with van der Waals surface area (Å²) in [6.45, 7) is 0. The van der Waals surface area contributed by atoms with Crippen LogP contribution in [-0.2, 0) is 4.84 Å². The summed E-state index contributed by atoms with van der Waals surface area (Å²) >= 11 is 0. The molecule has 2 fully saturated rings. The Morgan fingerprint density at radius 3 is 2.00 bits per heavy atom. The highest BCUT2D eigenvalue weighted by Gasteiger charge is 2.29. The van der Waals surface area contributed by atoms with E-state index in [1.54, 1.807) is 7.11 Å². The van der Waals surface area contributed by atoms with Crippen LogP contribution in [0, 0.1) is 4.91 Å². The molecule has 2 rings (SSSR count). The predicted molar refractivity (Wildman–Crippen MR) is 78.3 cm³/mol. The summed E-state index contributed by atoms with van der Waals surface area (Å²) in [4.78, 5) is 15.8. The molecule has 0 bridgehead atoms. The fourth-order valence-electron chi connectivity index (χ4n) is 3.59. The summed E-state index contributed by atoms with van der Waals surface area (Å²) in [6, 6.07) is 0.681. The molecule has 5 heteroatoms. The average Bonchev–Trinajstić information content (AvgIpc) is 2.48. The van der Waals surface area contributed by atoms with Crippen molar-refractivity contribution in [2.75, 3.05) is 14.2 Å². The Kier molecular flexibility index (Phi) is 5.83. The second-order valence-corrected chi connectivity index (χ2v) is 6.16. The predicted octanol–water partition coefficient (Wildman–Crippen LogP) is 3.41. The van der Waals surface area contributed by atoms with Crippen LogP contribution >= 0.6 is 0 Å².